The van der Waals surface area contributed by atoms with E-state index in [4.69, 9.17) is 40.1 Å². The average Bonchev–Trinajstić information content (AvgIpc) is 3.03. The van der Waals surface area contributed by atoms with Crippen molar-refractivity contribution in [2.24, 2.45) is 0 Å². The summed E-state index contributed by atoms with van der Waals surface area (Å²) < 4.78 is 10.2. The van der Waals surface area contributed by atoms with Gasteiger partial charge < -0.3 is 50.7 Å². The average molecular weight is 623 g/mol. The summed E-state index contributed by atoms with van der Waals surface area (Å²) >= 11 is 0. The molecule has 0 radical (unpaired) electrons. The van der Waals surface area contributed by atoms with Crippen LogP contribution >= 0.6 is 0 Å². The van der Waals surface area contributed by atoms with Crippen molar-refractivity contribution in [3.8, 4) is 11.5 Å². The fourth-order valence-electron chi connectivity index (χ4n) is 2.99. The number of rotatable bonds is 15. The van der Waals surface area contributed by atoms with Crippen LogP contribution in [0.5, 0.6) is 11.5 Å². The zero-order valence-corrected chi connectivity index (χ0v) is 25.9. The molecule has 0 saturated carbocycles. The zero-order chi connectivity index (χ0) is 33.7. The molecule has 2 rings (SSSR count). The van der Waals surface area contributed by atoms with Crippen LogP contribution in [0.25, 0.3) is 12.2 Å². The standard InChI is InChI=1S/2C12H18N2O.C6H10O8/c2*1-10(13-2)5-4-6-11-7-12(15-3)9-14-8-11;7-1(3(9)5(11)12)2(8)4(10)6(13)14/h2*4,6-10,13H,5H2,1-3H3;1-4,7-10H,(H,11,12)(H,13,14)/b2*6-4+;/t;;1-,2+,3+,4-. The van der Waals surface area contributed by atoms with E-state index < -0.39 is 36.4 Å². The third-order valence-corrected chi connectivity index (χ3v) is 6.03. The second-order valence-corrected chi connectivity index (χ2v) is 9.52. The van der Waals surface area contributed by atoms with Crippen LogP contribution in [0.2, 0.25) is 0 Å². The Balaban J connectivity index is 0.000000631. The van der Waals surface area contributed by atoms with E-state index >= 15 is 0 Å². The molecule has 0 fully saturated rings. The van der Waals surface area contributed by atoms with Gasteiger partial charge in [0.25, 0.3) is 0 Å². The van der Waals surface area contributed by atoms with E-state index in [0.717, 1.165) is 35.5 Å². The lowest BCUT2D eigenvalue weighted by molar-refractivity contribution is -0.172. The number of hydrogen-bond acceptors (Lipinski definition) is 12. The number of ether oxygens (including phenoxy) is 2. The maximum atomic E-state index is 10.1. The molecule has 44 heavy (non-hydrogen) atoms. The molecule has 2 aromatic heterocycles. The van der Waals surface area contributed by atoms with E-state index in [9.17, 15) is 9.59 Å². The van der Waals surface area contributed by atoms with Crippen LogP contribution in [0.4, 0.5) is 0 Å². The predicted octanol–water partition coefficient (Wildman–Crippen LogP) is 0.802. The largest absolute Gasteiger partial charge is 0.495 e. The highest BCUT2D eigenvalue weighted by atomic mass is 16.5. The zero-order valence-electron chi connectivity index (χ0n) is 25.9. The molecule has 2 aromatic rings. The van der Waals surface area contributed by atoms with E-state index in [1.165, 1.54) is 0 Å². The van der Waals surface area contributed by atoms with Crippen molar-refractivity contribution in [2.75, 3.05) is 28.3 Å². The first-order valence-corrected chi connectivity index (χ1v) is 13.6. The van der Waals surface area contributed by atoms with Gasteiger partial charge in [0, 0.05) is 24.5 Å². The minimum absolute atomic E-state index is 0.500. The highest BCUT2D eigenvalue weighted by molar-refractivity contribution is 5.75. The smallest absolute Gasteiger partial charge is 0.335 e. The van der Waals surface area contributed by atoms with Gasteiger partial charge in [0.15, 0.2) is 12.2 Å². The Hall–Kier alpha value is -3.92. The second-order valence-electron chi connectivity index (χ2n) is 9.52. The quantitative estimate of drug-likeness (QED) is 0.138. The van der Waals surface area contributed by atoms with Gasteiger partial charge in [-0.25, -0.2) is 9.59 Å². The lowest BCUT2D eigenvalue weighted by atomic mass is 10.0. The van der Waals surface area contributed by atoms with E-state index in [1.807, 2.05) is 38.6 Å². The van der Waals surface area contributed by atoms with Gasteiger partial charge in [-0.2, -0.15) is 0 Å². The summed E-state index contributed by atoms with van der Waals surface area (Å²) in [5, 5.41) is 57.8. The number of carboxylic acid groups (broad SMARTS) is 2. The Bertz CT molecular complexity index is 1070. The minimum Gasteiger partial charge on any atom is -0.495 e. The molecule has 246 valence electrons. The topological polar surface area (TPSA) is 224 Å². The Kier molecular flexibility index (Phi) is 20.6. The number of nitrogens with one attached hydrogen (secondary N) is 2. The Morgan fingerprint density at radius 1 is 0.727 bits per heavy atom. The first-order chi connectivity index (χ1) is 20.8. The van der Waals surface area contributed by atoms with Crippen molar-refractivity contribution in [2.45, 2.75) is 63.2 Å². The minimum atomic E-state index is -2.36. The Morgan fingerprint density at radius 3 is 1.34 bits per heavy atom. The third-order valence-electron chi connectivity index (χ3n) is 6.03. The SMILES string of the molecule is CNC(C)C/C=C/c1cncc(OC)c1.CNC(C)C/C=C/c1cncc(OC)c1.O=C(O)[C@@H](O)[C@H](O)[C@H](O)[C@@H](O)C(=O)O. The number of aliphatic hydroxyl groups excluding tert-OH is 4. The van der Waals surface area contributed by atoms with Crippen molar-refractivity contribution >= 4 is 24.1 Å². The molecule has 8 N–H and O–H groups in total. The molecule has 0 aliphatic carbocycles. The number of aromatic nitrogens is 2. The van der Waals surface area contributed by atoms with Crippen molar-refractivity contribution < 1.29 is 49.7 Å². The van der Waals surface area contributed by atoms with Gasteiger partial charge in [-0.05, 0) is 64.0 Å². The number of carbonyl (C=O) groups is 2. The Morgan fingerprint density at radius 2 is 1.07 bits per heavy atom. The molecule has 0 aliphatic rings. The highest BCUT2D eigenvalue weighted by Crippen LogP contribution is 2.13. The molecule has 0 spiro atoms. The summed E-state index contributed by atoms with van der Waals surface area (Å²) in [6.45, 7) is 4.29. The number of aliphatic hydroxyl groups is 4. The second kappa shape index (κ2) is 22.6. The van der Waals surface area contributed by atoms with Gasteiger partial charge in [0.2, 0.25) is 0 Å². The van der Waals surface area contributed by atoms with Gasteiger partial charge in [-0.3, -0.25) is 9.97 Å². The van der Waals surface area contributed by atoms with Gasteiger partial charge in [-0.15, -0.1) is 0 Å². The lowest BCUT2D eigenvalue weighted by Crippen LogP contribution is -2.49. The van der Waals surface area contributed by atoms with E-state index in [1.54, 1.807) is 26.6 Å². The molecular weight excluding hydrogens is 576 g/mol. The summed E-state index contributed by atoms with van der Waals surface area (Å²) in [6, 6.07) is 4.93. The molecule has 0 amide bonds. The van der Waals surface area contributed by atoms with Crippen molar-refractivity contribution in [3.63, 3.8) is 0 Å². The van der Waals surface area contributed by atoms with E-state index in [-0.39, 0.29) is 0 Å². The number of nitrogens with zero attached hydrogens (tertiary/aromatic N) is 2. The molecule has 2 heterocycles. The van der Waals surface area contributed by atoms with Crippen molar-refractivity contribution in [3.05, 3.63) is 60.2 Å². The molecule has 2 unspecified atom stereocenters. The highest BCUT2D eigenvalue weighted by Gasteiger charge is 2.37. The number of carboxylic acids is 2. The van der Waals surface area contributed by atoms with Crippen molar-refractivity contribution in [1.82, 2.24) is 20.6 Å². The number of aliphatic carboxylic acids is 2. The van der Waals surface area contributed by atoms with Crippen molar-refractivity contribution in [1.29, 1.82) is 0 Å². The predicted molar refractivity (Wildman–Crippen MR) is 165 cm³/mol. The first-order valence-electron chi connectivity index (χ1n) is 13.6. The van der Waals surface area contributed by atoms with Gasteiger partial charge >= 0.3 is 11.9 Å². The van der Waals surface area contributed by atoms with Crippen LogP contribution < -0.4 is 20.1 Å². The molecule has 0 bridgehead atoms. The fourth-order valence-corrected chi connectivity index (χ4v) is 2.99. The van der Waals surface area contributed by atoms with E-state index in [0.29, 0.717) is 12.1 Å². The summed E-state index contributed by atoms with van der Waals surface area (Å²) in [4.78, 5) is 28.3. The molecule has 0 saturated heterocycles. The maximum Gasteiger partial charge on any atom is 0.335 e. The van der Waals surface area contributed by atoms with Crippen LogP contribution in [-0.4, -0.2) is 117 Å². The molecule has 14 heteroatoms. The summed E-state index contributed by atoms with van der Waals surface area (Å²) in [5.74, 6) is -2.10. The molecular formula is C30H46N4O10. The lowest BCUT2D eigenvalue weighted by Gasteiger charge is -2.21. The van der Waals surface area contributed by atoms with Crippen LogP contribution in [0.15, 0.2) is 49.1 Å². The number of pyridine rings is 2. The summed E-state index contributed by atoms with van der Waals surface area (Å²) in [7, 11) is 7.22. The summed E-state index contributed by atoms with van der Waals surface area (Å²) in [6.07, 6.45) is 8.17. The van der Waals surface area contributed by atoms with Crippen LogP contribution in [0, 0.1) is 0 Å². The van der Waals surface area contributed by atoms with Crippen LogP contribution in [-0.2, 0) is 9.59 Å². The molecule has 0 aromatic carbocycles. The first kappa shape index (κ1) is 40.1. The summed E-state index contributed by atoms with van der Waals surface area (Å²) in [5.41, 5.74) is 2.13. The van der Waals surface area contributed by atoms with Gasteiger partial charge in [-0.1, -0.05) is 24.3 Å². The number of hydrogen-bond donors (Lipinski definition) is 8. The monoisotopic (exact) mass is 622 g/mol. The maximum absolute atomic E-state index is 10.1. The Labute approximate surface area is 257 Å². The number of methoxy groups -OCH3 is 2. The molecule has 6 atom stereocenters. The van der Waals surface area contributed by atoms with E-state index in [2.05, 4.69) is 58.8 Å². The molecule has 0 aliphatic heterocycles. The van der Waals surface area contributed by atoms with Gasteiger partial charge in [0.1, 0.15) is 23.7 Å². The fraction of sp³-hybridized carbons (Fsp3) is 0.467. The van der Waals surface area contributed by atoms with Crippen LogP contribution in [0.3, 0.4) is 0 Å². The normalized spacial score (nSPS) is 15.0. The molecule has 14 nitrogen and oxygen atoms in total. The van der Waals surface area contributed by atoms with Crippen LogP contribution in [0.1, 0.15) is 37.8 Å². The third kappa shape index (κ3) is 16.6. The van der Waals surface area contributed by atoms with Gasteiger partial charge in [0.05, 0.1) is 26.6 Å².